The van der Waals surface area contributed by atoms with Crippen LogP contribution in [0.4, 0.5) is 4.79 Å². The second-order valence-electron chi connectivity index (χ2n) is 5.79. The Hall–Kier alpha value is -1.88. The van der Waals surface area contributed by atoms with Gasteiger partial charge in [0.2, 0.25) is 0 Å². The minimum Gasteiger partial charge on any atom is -0.469 e. The van der Waals surface area contributed by atoms with Crippen molar-refractivity contribution in [2.45, 2.75) is 32.4 Å². The molecular weight excluding hydrogens is 270 g/mol. The summed E-state index contributed by atoms with van der Waals surface area (Å²) < 4.78 is 4.70. The predicted molar refractivity (Wildman–Crippen MR) is 77.5 cm³/mol. The highest BCUT2D eigenvalue weighted by atomic mass is 16.5. The van der Waals surface area contributed by atoms with Crippen molar-refractivity contribution in [2.24, 2.45) is 5.92 Å². The monoisotopic (exact) mass is 292 g/mol. The van der Waals surface area contributed by atoms with Crippen LogP contribution in [-0.2, 0) is 16.1 Å². The Morgan fingerprint density at radius 2 is 1.95 bits per heavy atom. The van der Waals surface area contributed by atoms with Gasteiger partial charge in [-0.3, -0.25) is 4.79 Å². The molecule has 21 heavy (non-hydrogen) atoms. The smallest absolute Gasteiger partial charge is 0.469 e. The average molecular weight is 292 g/mol. The Morgan fingerprint density at radius 3 is 2.52 bits per heavy atom. The summed E-state index contributed by atoms with van der Waals surface area (Å²) in [6.07, 6.45) is 0.523. The molecule has 1 heterocycles. The van der Waals surface area contributed by atoms with Crippen molar-refractivity contribution in [1.29, 1.82) is 0 Å². The van der Waals surface area contributed by atoms with Crippen LogP contribution in [0, 0.1) is 5.92 Å². The van der Waals surface area contributed by atoms with E-state index in [2.05, 4.69) is 0 Å². The first-order valence-corrected chi connectivity index (χ1v) is 7.21. The third-order valence-electron chi connectivity index (χ3n) is 4.55. The highest BCUT2D eigenvalue weighted by molar-refractivity contribution is 5.73. The summed E-state index contributed by atoms with van der Waals surface area (Å²) in [6.45, 7) is 2.63. The van der Waals surface area contributed by atoms with Crippen LogP contribution in [0.3, 0.4) is 0 Å². The quantitative estimate of drug-likeness (QED) is 0.687. The number of carbonyl (C=O) groups excluding carboxylic acids is 1. The molecule has 1 amide bonds. The first kappa shape index (κ1) is 15.5. The average Bonchev–Trinajstić information content (AvgIpc) is 2.49. The number of rotatable bonds is 3. The number of quaternary nitrogens is 1. The van der Waals surface area contributed by atoms with E-state index >= 15 is 0 Å². The Kier molecular flexibility index (Phi) is 4.63. The van der Waals surface area contributed by atoms with E-state index < -0.39 is 6.09 Å². The van der Waals surface area contributed by atoms with Crippen molar-refractivity contribution in [3.63, 3.8) is 0 Å². The second-order valence-corrected chi connectivity index (χ2v) is 5.79. The van der Waals surface area contributed by atoms with Crippen molar-refractivity contribution in [3.05, 3.63) is 35.9 Å². The summed E-state index contributed by atoms with van der Waals surface area (Å²) >= 11 is 0. The Bertz CT molecular complexity index is 516. The van der Waals surface area contributed by atoms with Crippen molar-refractivity contribution < 1.29 is 23.9 Å². The van der Waals surface area contributed by atoms with E-state index in [1.807, 2.05) is 37.3 Å². The second kappa shape index (κ2) is 6.26. The van der Waals surface area contributed by atoms with E-state index in [1.54, 1.807) is 0 Å². The minimum atomic E-state index is -0.875. The van der Waals surface area contributed by atoms with Gasteiger partial charge >= 0.3 is 12.1 Å². The summed E-state index contributed by atoms with van der Waals surface area (Å²) in [5, 5.41) is 9.81. The van der Waals surface area contributed by atoms with Crippen LogP contribution < -0.4 is 0 Å². The molecule has 0 aliphatic carbocycles. The maximum absolute atomic E-state index is 12.0. The number of methoxy groups -OCH3 is 1. The Labute approximate surface area is 124 Å². The van der Waals surface area contributed by atoms with E-state index in [1.165, 1.54) is 7.11 Å². The minimum absolute atomic E-state index is 0.0244. The van der Waals surface area contributed by atoms with Crippen molar-refractivity contribution in [3.8, 4) is 0 Å². The fraction of sp³-hybridized carbons (Fsp3) is 0.500. The van der Waals surface area contributed by atoms with Crippen LogP contribution in [-0.4, -0.2) is 41.3 Å². The lowest BCUT2D eigenvalue weighted by molar-refractivity contribution is -0.901. The number of ether oxygens (including phenoxy) is 1. The molecule has 1 aliphatic rings. The number of amides is 1. The number of hydrogen-bond donors (Lipinski definition) is 1. The van der Waals surface area contributed by atoms with E-state index in [-0.39, 0.29) is 29.0 Å². The zero-order valence-corrected chi connectivity index (χ0v) is 12.5. The van der Waals surface area contributed by atoms with Crippen LogP contribution in [0.25, 0.3) is 0 Å². The van der Waals surface area contributed by atoms with E-state index in [0.717, 1.165) is 5.56 Å². The zero-order valence-electron chi connectivity index (χ0n) is 12.5. The molecule has 0 spiro atoms. The molecule has 1 saturated heterocycles. The number of benzene rings is 1. The maximum Gasteiger partial charge on any atom is 0.514 e. The predicted octanol–water partition coefficient (Wildman–Crippen LogP) is 2.65. The number of carboxylic acid groups (broad SMARTS) is 1. The van der Waals surface area contributed by atoms with Crippen LogP contribution in [0.2, 0.25) is 0 Å². The Morgan fingerprint density at radius 1 is 1.29 bits per heavy atom. The number of piperidine rings is 1. The molecule has 0 saturated carbocycles. The molecule has 1 unspecified atom stereocenters. The highest BCUT2D eigenvalue weighted by Gasteiger charge is 2.49. The lowest BCUT2D eigenvalue weighted by Gasteiger charge is -2.43. The molecule has 0 aromatic heterocycles. The van der Waals surface area contributed by atoms with Gasteiger partial charge in [0.1, 0.15) is 19.0 Å². The number of likely N-dealkylation sites (tertiary alicyclic amines) is 1. The summed E-state index contributed by atoms with van der Waals surface area (Å²) in [5.41, 5.74) is 0.970. The van der Waals surface area contributed by atoms with Crippen molar-refractivity contribution >= 4 is 12.1 Å². The molecule has 1 fully saturated rings. The molecule has 1 aliphatic heterocycles. The van der Waals surface area contributed by atoms with Crippen LogP contribution in [0.1, 0.15) is 25.3 Å². The molecule has 1 aromatic carbocycles. The van der Waals surface area contributed by atoms with Gasteiger partial charge in [0.15, 0.2) is 0 Å². The summed E-state index contributed by atoms with van der Waals surface area (Å²) in [7, 11) is 1.35. The SMILES string of the molecule is COC(=O)[C@H]1CCC(C)[N@@+](Cc2ccccc2)(C(=O)O)C1. The maximum atomic E-state index is 12.0. The first-order valence-electron chi connectivity index (χ1n) is 7.21. The molecule has 1 aromatic rings. The number of esters is 1. The van der Waals surface area contributed by atoms with Gasteiger partial charge in [0.05, 0.1) is 13.2 Å². The summed E-state index contributed by atoms with van der Waals surface area (Å²) in [5.74, 6) is -0.648. The molecular formula is C16H22NO4+. The summed E-state index contributed by atoms with van der Waals surface area (Å²) in [6, 6.07) is 9.55. The van der Waals surface area contributed by atoms with E-state index in [0.29, 0.717) is 19.4 Å². The third kappa shape index (κ3) is 3.08. The lowest BCUT2D eigenvalue weighted by Crippen LogP contribution is -2.62. The van der Waals surface area contributed by atoms with E-state index in [9.17, 15) is 14.7 Å². The molecule has 1 N–H and O–H groups in total. The van der Waals surface area contributed by atoms with Gasteiger partial charge in [-0.05, 0) is 13.3 Å². The van der Waals surface area contributed by atoms with Gasteiger partial charge in [0, 0.05) is 12.0 Å². The number of carbonyl (C=O) groups is 2. The van der Waals surface area contributed by atoms with Crippen molar-refractivity contribution in [1.82, 2.24) is 0 Å². The largest absolute Gasteiger partial charge is 0.514 e. The molecule has 3 atom stereocenters. The number of hydrogen-bond acceptors (Lipinski definition) is 3. The van der Waals surface area contributed by atoms with Gasteiger partial charge in [-0.15, -0.1) is 0 Å². The topological polar surface area (TPSA) is 63.6 Å². The molecule has 0 radical (unpaired) electrons. The normalized spacial score (nSPS) is 28.9. The Balaban J connectivity index is 2.30. The lowest BCUT2D eigenvalue weighted by atomic mass is 9.90. The molecule has 0 bridgehead atoms. The van der Waals surface area contributed by atoms with Crippen LogP contribution >= 0.6 is 0 Å². The first-order chi connectivity index (χ1) is 9.99. The number of nitrogens with zero attached hydrogens (tertiary/aromatic N) is 1. The van der Waals surface area contributed by atoms with Gasteiger partial charge in [0.25, 0.3) is 0 Å². The van der Waals surface area contributed by atoms with Crippen LogP contribution in [0.15, 0.2) is 30.3 Å². The highest BCUT2D eigenvalue weighted by Crippen LogP contribution is 2.32. The molecule has 5 heteroatoms. The van der Waals surface area contributed by atoms with Crippen LogP contribution in [0.5, 0.6) is 0 Å². The van der Waals surface area contributed by atoms with Gasteiger partial charge < -0.3 is 9.84 Å². The fourth-order valence-electron chi connectivity index (χ4n) is 3.18. The van der Waals surface area contributed by atoms with E-state index in [4.69, 9.17) is 4.74 Å². The molecule has 114 valence electrons. The zero-order chi connectivity index (χ0) is 15.5. The fourth-order valence-corrected chi connectivity index (χ4v) is 3.18. The standard InChI is InChI=1S/C16H21NO4/c1-12-8-9-14(15(18)21-2)11-17(12,16(19)20)10-13-6-4-3-5-7-13/h3-7,12,14H,8-11H2,1-2H3/p+1/t12?,14-,17-/m0/s1. The molecule has 5 nitrogen and oxygen atoms in total. The van der Waals surface area contributed by atoms with Gasteiger partial charge in [-0.1, -0.05) is 30.3 Å². The van der Waals surface area contributed by atoms with Crippen molar-refractivity contribution in [2.75, 3.05) is 13.7 Å². The van der Waals surface area contributed by atoms with Gasteiger partial charge in [-0.25, -0.2) is 4.48 Å². The third-order valence-corrected chi connectivity index (χ3v) is 4.55. The van der Waals surface area contributed by atoms with Gasteiger partial charge in [-0.2, -0.15) is 4.79 Å². The summed E-state index contributed by atoms with van der Waals surface area (Å²) in [4.78, 5) is 23.8. The molecule has 2 rings (SSSR count).